The summed E-state index contributed by atoms with van der Waals surface area (Å²) in [4.78, 5) is 14.0. The number of benzene rings is 2. The van der Waals surface area contributed by atoms with Gasteiger partial charge in [-0.3, -0.25) is 4.79 Å². The molecule has 104 valence electrons. The van der Waals surface area contributed by atoms with E-state index in [1.54, 1.807) is 6.07 Å². The third kappa shape index (κ3) is 2.86. The van der Waals surface area contributed by atoms with Crippen LogP contribution in [0.5, 0.6) is 0 Å². The van der Waals surface area contributed by atoms with Crippen molar-refractivity contribution in [1.29, 1.82) is 5.26 Å². The molecule has 1 aliphatic rings. The zero-order chi connectivity index (χ0) is 14.7. The summed E-state index contributed by atoms with van der Waals surface area (Å²) in [6, 6.07) is 15.2. The second-order valence-electron chi connectivity index (χ2n) is 4.60. The monoisotopic (exact) mass is 295 g/mol. The molecule has 3 rings (SSSR count). The number of amides is 1. The highest BCUT2D eigenvalue weighted by atomic mass is 32.2. The fraction of sp³-hybridized carbons (Fsp3) is 0.125. The average Bonchev–Trinajstić information content (AvgIpc) is 2.52. The minimum absolute atomic E-state index is 0.0696. The first-order chi connectivity index (χ1) is 10.3. The lowest BCUT2D eigenvalue weighted by Gasteiger charge is -2.17. The number of nitriles is 1. The van der Waals surface area contributed by atoms with Crippen LogP contribution in [-0.2, 0) is 0 Å². The number of carbonyl (C=O) groups is 1. The second kappa shape index (κ2) is 5.90. The molecule has 0 saturated carbocycles. The molecule has 0 fully saturated rings. The van der Waals surface area contributed by atoms with Gasteiger partial charge in [0.1, 0.15) is 0 Å². The average molecular weight is 295 g/mol. The van der Waals surface area contributed by atoms with Crippen molar-refractivity contribution in [3.63, 3.8) is 0 Å². The van der Waals surface area contributed by atoms with Crippen LogP contribution in [-0.4, -0.2) is 19.0 Å². The first-order valence-corrected chi connectivity index (χ1v) is 7.42. The van der Waals surface area contributed by atoms with E-state index >= 15 is 0 Å². The van der Waals surface area contributed by atoms with E-state index in [2.05, 4.69) is 16.7 Å². The molecule has 21 heavy (non-hydrogen) atoms. The summed E-state index contributed by atoms with van der Waals surface area (Å²) in [5, 5.41) is 15.2. The van der Waals surface area contributed by atoms with E-state index < -0.39 is 0 Å². The lowest BCUT2D eigenvalue weighted by molar-refractivity contribution is 0.0952. The van der Waals surface area contributed by atoms with Gasteiger partial charge in [-0.25, -0.2) is 0 Å². The molecule has 1 heterocycles. The smallest absolute Gasteiger partial charge is 0.252 e. The maximum atomic E-state index is 12.2. The molecular formula is C16H13N3OS. The van der Waals surface area contributed by atoms with Crippen LogP contribution >= 0.6 is 11.8 Å². The van der Waals surface area contributed by atoms with Gasteiger partial charge < -0.3 is 10.6 Å². The Labute approximate surface area is 127 Å². The van der Waals surface area contributed by atoms with E-state index in [9.17, 15) is 4.79 Å². The van der Waals surface area contributed by atoms with Gasteiger partial charge in [-0.2, -0.15) is 5.26 Å². The maximum Gasteiger partial charge on any atom is 0.252 e. The van der Waals surface area contributed by atoms with E-state index in [0.717, 1.165) is 15.5 Å². The Morgan fingerprint density at radius 3 is 2.71 bits per heavy atom. The van der Waals surface area contributed by atoms with Crippen LogP contribution in [0.15, 0.2) is 52.3 Å². The third-order valence-electron chi connectivity index (χ3n) is 3.19. The SMILES string of the molecule is N#Cc1ccc2c(c1)Sc1ccccc1C(=O)NCCN2. The molecule has 2 aromatic carbocycles. The van der Waals surface area contributed by atoms with Gasteiger partial charge >= 0.3 is 0 Å². The fourth-order valence-corrected chi connectivity index (χ4v) is 3.24. The molecule has 0 aliphatic carbocycles. The summed E-state index contributed by atoms with van der Waals surface area (Å²) in [6.45, 7) is 1.20. The highest BCUT2D eigenvalue weighted by Crippen LogP contribution is 2.36. The molecule has 4 nitrogen and oxygen atoms in total. The fourth-order valence-electron chi connectivity index (χ4n) is 2.15. The Bertz CT molecular complexity index is 737. The predicted molar refractivity (Wildman–Crippen MR) is 82.5 cm³/mol. The van der Waals surface area contributed by atoms with Gasteiger partial charge in [0.05, 0.1) is 17.2 Å². The summed E-state index contributed by atoms with van der Waals surface area (Å²) in [5.74, 6) is -0.0696. The zero-order valence-electron chi connectivity index (χ0n) is 11.2. The van der Waals surface area contributed by atoms with Gasteiger partial charge in [-0.05, 0) is 30.3 Å². The van der Waals surface area contributed by atoms with Gasteiger partial charge in [-0.1, -0.05) is 23.9 Å². The first-order valence-electron chi connectivity index (χ1n) is 6.61. The van der Waals surface area contributed by atoms with Crippen LogP contribution < -0.4 is 10.6 Å². The largest absolute Gasteiger partial charge is 0.382 e. The number of rotatable bonds is 0. The molecule has 2 N–H and O–H groups in total. The molecule has 0 spiro atoms. The first kappa shape index (κ1) is 13.5. The minimum atomic E-state index is -0.0696. The van der Waals surface area contributed by atoms with Crippen molar-refractivity contribution < 1.29 is 4.79 Å². The number of nitrogens with zero attached hydrogens (tertiary/aromatic N) is 1. The number of nitrogens with one attached hydrogen (secondary N) is 2. The summed E-state index contributed by atoms with van der Waals surface area (Å²) in [5.41, 5.74) is 2.25. The maximum absolute atomic E-state index is 12.2. The van der Waals surface area contributed by atoms with Crippen molar-refractivity contribution in [2.45, 2.75) is 9.79 Å². The van der Waals surface area contributed by atoms with Gasteiger partial charge in [0, 0.05) is 28.6 Å². The lowest BCUT2D eigenvalue weighted by Crippen LogP contribution is -2.29. The van der Waals surface area contributed by atoms with E-state index in [4.69, 9.17) is 5.26 Å². The van der Waals surface area contributed by atoms with Gasteiger partial charge in [0.2, 0.25) is 0 Å². The molecule has 0 saturated heterocycles. The second-order valence-corrected chi connectivity index (χ2v) is 5.69. The minimum Gasteiger partial charge on any atom is -0.382 e. The molecule has 1 aliphatic heterocycles. The number of anilines is 1. The third-order valence-corrected chi connectivity index (χ3v) is 4.32. The Hall–Kier alpha value is -2.45. The van der Waals surface area contributed by atoms with Gasteiger partial charge in [0.15, 0.2) is 0 Å². The van der Waals surface area contributed by atoms with Gasteiger partial charge in [-0.15, -0.1) is 0 Å². The molecule has 5 heteroatoms. The predicted octanol–water partition coefficient (Wildman–Crippen LogP) is 2.86. The van der Waals surface area contributed by atoms with Crippen LogP contribution in [0.1, 0.15) is 15.9 Å². The van der Waals surface area contributed by atoms with Crippen molar-refractivity contribution in [2.24, 2.45) is 0 Å². The quantitative estimate of drug-likeness (QED) is 0.784. The van der Waals surface area contributed by atoms with Crippen molar-refractivity contribution in [1.82, 2.24) is 5.32 Å². The number of fused-ring (bicyclic) bond motifs is 2. The number of hydrogen-bond acceptors (Lipinski definition) is 4. The van der Waals surface area contributed by atoms with E-state index in [1.807, 2.05) is 36.4 Å². The normalized spacial score (nSPS) is 14.0. The summed E-state index contributed by atoms with van der Waals surface area (Å²) >= 11 is 1.50. The molecule has 0 atom stereocenters. The van der Waals surface area contributed by atoms with Crippen LogP contribution in [0.2, 0.25) is 0 Å². The Morgan fingerprint density at radius 1 is 1.05 bits per heavy atom. The Balaban J connectivity index is 2.09. The van der Waals surface area contributed by atoms with Crippen LogP contribution in [0, 0.1) is 11.3 Å². The summed E-state index contributed by atoms with van der Waals surface area (Å²) < 4.78 is 0. The molecule has 0 radical (unpaired) electrons. The zero-order valence-corrected chi connectivity index (χ0v) is 12.0. The highest BCUT2D eigenvalue weighted by Gasteiger charge is 2.15. The van der Waals surface area contributed by atoms with E-state index in [1.165, 1.54) is 11.8 Å². The molecule has 2 aromatic rings. The summed E-state index contributed by atoms with van der Waals surface area (Å²) in [6.07, 6.45) is 0. The molecule has 0 unspecified atom stereocenters. The molecule has 0 bridgehead atoms. The van der Waals surface area contributed by atoms with E-state index in [0.29, 0.717) is 24.2 Å². The Kier molecular flexibility index (Phi) is 3.80. The number of hydrogen-bond donors (Lipinski definition) is 2. The van der Waals surface area contributed by atoms with Crippen molar-refractivity contribution in [2.75, 3.05) is 18.4 Å². The van der Waals surface area contributed by atoms with Gasteiger partial charge in [0.25, 0.3) is 5.91 Å². The Morgan fingerprint density at radius 2 is 1.86 bits per heavy atom. The summed E-state index contributed by atoms with van der Waals surface area (Å²) in [7, 11) is 0. The standard InChI is InChI=1S/C16H13N3OS/c17-10-11-5-6-13-15(9-11)21-14-4-2-1-3-12(14)16(20)19-8-7-18-13/h1-6,9,18H,7-8H2,(H,19,20). The van der Waals surface area contributed by atoms with Crippen LogP contribution in [0.4, 0.5) is 5.69 Å². The highest BCUT2D eigenvalue weighted by molar-refractivity contribution is 7.99. The van der Waals surface area contributed by atoms with Crippen molar-refractivity contribution >= 4 is 23.4 Å². The van der Waals surface area contributed by atoms with E-state index in [-0.39, 0.29) is 5.91 Å². The molecule has 1 amide bonds. The van der Waals surface area contributed by atoms with Crippen molar-refractivity contribution in [3.05, 3.63) is 53.6 Å². The van der Waals surface area contributed by atoms with Crippen LogP contribution in [0.3, 0.4) is 0 Å². The topological polar surface area (TPSA) is 64.9 Å². The van der Waals surface area contributed by atoms with Crippen molar-refractivity contribution in [3.8, 4) is 6.07 Å². The molecular weight excluding hydrogens is 282 g/mol. The lowest BCUT2D eigenvalue weighted by atomic mass is 10.2. The van der Waals surface area contributed by atoms with Crippen LogP contribution in [0.25, 0.3) is 0 Å². The number of carbonyl (C=O) groups excluding carboxylic acids is 1. The molecule has 0 aromatic heterocycles.